The standard InChI is InChI=1S/C24H20ClN5OS/c1-31-21-8-7-17(15-18(21)25)30-23(22(28-24(30)32)19-5-2-3-11-27-19)20-6-4-14-29(20)16-9-12-26-13-10-16/h2-15,22-23H,1H3,(H,28,32)/t22-,23-/m1/s1. The molecule has 1 fully saturated rings. The van der Waals surface area contributed by atoms with Crippen molar-refractivity contribution in [1.29, 1.82) is 0 Å². The molecule has 0 bridgehead atoms. The van der Waals surface area contributed by atoms with Crippen LogP contribution in [0.25, 0.3) is 5.69 Å². The van der Waals surface area contributed by atoms with Crippen LogP contribution in [0.4, 0.5) is 5.69 Å². The average molecular weight is 462 g/mol. The molecule has 1 aliphatic heterocycles. The fourth-order valence-corrected chi connectivity index (χ4v) is 4.71. The summed E-state index contributed by atoms with van der Waals surface area (Å²) in [5, 5.41) is 4.61. The van der Waals surface area contributed by atoms with E-state index in [1.54, 1.807) is 25.7 Å². The van der Waals surface area contributed by atoms with Gasteiger partial charge in [0.25, 0.3) is 0 Å². The molecule has 32 heavy (non-hydrogen) atoms. The van der Waals surface area contributed by atoms with Gasteiger partial charge in [-0.1, -0.05) is 17.7 Å². The minimum Gasteiger partial charge on any atom is -0.495 e. The second-order valence-corrected chi connectivity index (χ2v) is 8.12. The number of nitrogens with zero attached hydrogens (tertiary/aromatic N) is 4. The molecule has 3 aromatic heterocycles. The third-order valence-electron chi connectivity index (χ3n) is 5.54. The van der Waals surface area contributed by atoms with E-state index in [0.29, 0.717) is 15.9 Å². The van der Waals surface area contributed by atoms with Crippen molar-refractivity contribution in [2.75, 3.05) is 12.0 Å². The molecule has 4 heterocycles. The van der Waals surface area contributed by atoms with Crippen LogP contribution in [0.1, 0.15) is 23.5 Å². The van der Waals surface area contributed by atoms with E-state index in [9.17, 15) is 0 Å². The summed E-state index contributed by atoms with van der Waals surface area (Å²) >= 11 is 12.3. The van der Waals surface area contributed by atoms with Gasteiger partial charge in [0, 0.05) is 41.9 Å². The highest BCUT2D eigenvalue weighted by Gasteiger charge is 2.42. The van der Waals surface area contributed by atoms with Gasteiger partial charge in [0.1, 0.15) is 11.8 Å². The number of pyridine rings is 2. The Hall–Kier alpha value is -3.42. The number of hydrogen-bond donors (Lipinski definition) is 1. The van der Waals surface area contributed by atoms with Crippen LogP contribution in [0.15, 0.2) is 85.5 Å². The van der Waals surface area contributed by atoms with Crippen LogP contribution in [0.2, 0.25) is 5.02 Å². The van der Waals surface area contributed by atoms with Gasteiger partial charge in [-0.2, -0.15) is 0 Å². The van der Waals surface area contributed by atoms with Gasteiger partial charge in [0.05, 0.1) is 23.9 Å². The molecule has 1 N–H and O–H groups in total. The molecule has 1 aliphatic rings. The van der Waals surface area contributed by atoms with E-state index in [4.69, 9.17) is 28.6 Å². The minimum absolute atomic E-state index is 0.153. The largest absolute Gasteiger partial charge is 0.495 e. The first kappa shape index (κ1) is 20.5. The predicted octanol–water partition coefficient (Wildman–Crippen LogP) is 5.11. The lowest BCUT2D eigenvalue weighted by molar-refractivity contribution is 0.415. The lowest BCUT2D eigenvalue weighted by atomic mass is 10.0. The molecule has 0 radical (unpaired) electrons. The number of ether oxygens (including phenoxy) is 1. The fraction of sp³-hybridized carbons (Fsp3) is 0.125. The Kier molecular flexibility index (Phi) is 5.51. The number of hydrogen-bond acceptors (Lipinski definition) is 4. The van der Waals surface area contributed by atoms with Crippen molar-refractivity contribution >= 4 is 34.6 Å². The fourth-order valence-electron chi connectivity index (χ4n) is 4.11. The van der Waals surface area contributed by atoms with Crippen LogP contribution < -0.4 is 15.0 Å². The van der Waals surface area contributed by atoms with E-state index in [1.165, 1.54) is 0 Å². The molecule has 1 aromatic carbocycles. The van der Waals surface area contributed by atoms with Gasteiger partial charge < -0.3 is 19.5 Å². The summed E-state index contributed by atoms with van der Waals surface area (Å²) in [6.07, 6.45) is 7.41. The number of halogens is 1. The zero-order valence-corrected chi connectivity index (χ0v) is 18.8. The summed E-state index contributed by atoms with van der Waals surface area (Å²) < 4.78 is 7.49. The number of anilines is 1. The molecule has 0 saturated carbocycles. The third kappa shape index (κ3) is 3.59. The Bertz CT molecular complexity index is 1250. The zero-order chi connectivity index (χ0) is 22.1. The predicted molar refractivity (Wildman–Crippen MR) is 129 cm³/mol. The van der Waals surface area contributed by atoms with Crippen molar-refractivity contribution in [2.24, 2.45) is 0 Å². The van der Waals surface area contributed by atoms with Crippen LogP contribution in [-0.2, 0) is 0 Å². The Labute approximate surface area is 196 Å². The number of benzene rings is 1. The van der Waals surface area contributed by atoms with Crippen molar-refractivity contribution in [3.8, 4) is 11.4 Å². The molecular formula is C24H20ClN5OS. The van der Waals surface area contributed by atoms with E-state index < -0.39 is 0 Å². The van der Waals surface area contributed by atoms with Crippen LogP contribution in [0, 0.1) is 0 Å². The normalized spacial score (nSPS) is 17.9. The molecule has 5 rings (SSSR count). The number of rotatable bonds is 5. The second-order valence-electron chi connectivity index (χ2n) is 7.32. The summed E-state index contributed by atoms with van der Waals surface area (Å²) in [6.45, 7) is 0. The summed E-state index contributed by atoms with van der Waals surface area (Å²) in [4.78, 5) is 10.9. The molecule has 6 nitrogen and oxygen atoms in total. The van der Waals surface area contributed by atoms with Gasteiger partial charge in [0.2, 0.25) is 0 Å². The average Bonchev–Trinajstić information content (AvgIpc) is 3.44. The lowest BCUT2D eigenvalue weighted by Crippen LogP contribution is -2.30. The Morgan fingerprint density at radius 1 is 1.00 bits per heavy atom. The monoisotopic (exact) mass is 461 g/mol. The molecule has 0 spiro atoms. The second kappa shape index (κ2) is 8.61. The lowest BCUT2D eigenvalue weighted by Gasteiger charge is -2.29. The van der Waals surface area contributed by atoms with E-state index in [0.717, 1.165) is 22.8 Å². The van der Waals surface area contributed by atoms with Gasteiger partial charge in [-0.25, -0.2) is 0 Å². The maximum absolute atomic E-state index is 6.47. The molecular weight excluding hydrogens is 442 g/mol. The van der Waals surface area contributed by atoms with Crippen molar-refractivity contribution in [2.45, 2.75) is 12.1 Å². The topological polar surface area (TPSA) is 55.2 Å². The molecule has 2 atom stereocenters. The van der Waals surface area contributed by atoms with Crippen LogP contribution in [-0.4, -0.2) is 26.8 Å². The van der Waals surface area contributed by atoms with Crippen molar-refractivity contribution < 1.29 is 4.74 Å². The molecule has 8 heteroatoms. The van der Waals surface area contributed by atoms with Gasteiger partial charge in [0.15, 0.2) is 5.11 Å². The maximum atomic E-state index is 6.47. The number of aromatic nitrogens is 3. The highest BCUT2D eigenvalue weighted by molar-refractivity contribution is 7.80. The van der Waals surface area contributed by atoms with Gasteiger partial charge in [-0.05, 0) is 66.8 Å². The van der Waals surface area contributed by atoms with E-state index in [-0.39, 0.29) is 12.1 Å². The highest BCUT2D eigenvalue weighted by atomic mass is 35.5. The minimum atomic E-state index is -0.162. The first-order valence-electron chi connectivity index (χ1n) is 10.1. The molecule has 0 unspecified atom stereocenters. The highest BCUT2D eigenvalue weighted by Crippen LogP contribution is 2.43. The Morgan fingerprint density at radius 3 is 2.56 bits per heavy atom. The van der Waals surface area contributed by atoms with E-state index in [2.05, 4.69) is 30.8 Å². The number of methoxy groups -OCH3 is 1. The quantitative estimate of drug-likeness (QED) is 0.417. The van der Waals surface area contributed by atoms with Crippen LogP contribution in [0.5, 0.6) is 5.75 Å². The molecule has 1 saturated heterocycles. The third-order valence-corrected chi connectivity index (χ3v) is 6.15. The van der Waals surface area contributed by atoms with E-state index in [1.807, 2.05) is 60.8 Å². The summed E-state index contributed by atoms with van der Waals surface area (Å²) in [5.41, 5.74) is 3.86. The van der Waals surface area contributed by atoms with Gasteiger partial charge in [-0.15, -0.1) is 0 Å². The maximum Gasteiger partial charge on any atom is 0.174 e. The van der Waals surface area contributed by atoms with Crippen molar-refractivity contribution in [1.82, 2.24) is 19.9 Å². The zero-order valence-electron chi connectivity index (χ0n) is 17.2. The van der Waals surface area contributed by atoms with Crippen molar-refractivity contribution in [3.63, 3.8) is 0 Å². The first-order valence-corrected chi connectivity index (χ1v) is 10.9. The molecule has 0 aliphatic carbocycles. The molecule has 160 valence electrons. The van der Waals surface area contributed by atoms with E-state index >= 15 is 0 Å². The first-order chi connectivity index (χ1) is 15.7. The Morgan fingerprint density at radius 2 is 1.84 bits per heavy atom. The number of thiocarbonyl (C=S) groups is 1. The van der Waals surface area contributed by atoms with Crippen LogP contribution in [0.3, 0.4) is 0 Å². The summed E-state index contributed by atoms with van der Waals surface area (Å²) in [6, 6.07) is 19.4. The summed E-state index contributed by atoms with van der Waals surface area (Å²) in [5.74, 6) is 0.617. The molecule has 0 amide bonds. The summed E-state index contributed by atoms with van der Waals surface area (Å²) in [7, 11) is 1.60. The van der Waals surface area contributed by atoms with Crippen molar-refractivity contribution in [3.05, 3.63) is 102 Å². The Balaban J connectivity index is 1.66. The number of nitrogens with one attached hydrogen (secondary N) is 1. The SMILES string of the molecule is COc1ccc(N2C(=S)N[C@H](c3ccccn3)[C@H]2c2cccn2-c2ccncc2)cc1Cl. The van der Waals surface area contributed by atoms with Gasteiger partial charge in [-0.3, -0.25) is 9.97 Å². The molecule has 4 aromatic rings. The smallest absolute Gasteiger partial charge is 0.174 e. The van der Waals surface area contributed by atoms with Crippen LogP contribution >= 0.6 is 23.8 Å². The van der Waals surface area contributed by atoms with Gasteiger partial charge >= 0.3 is 0 Å².